The van der Waals surface area contributed by atoms with Gasteiger partial charge in [-0.2, -0.15) is 0 Å². The zero-order valence-corrected chi connectivity index (χ0v) is 8.38. The van der Waals surface area contributed by atoms with Gasteiger partial charge in [0, 0.05) is 12.8 Å². The Bertz CT molecular complexity index is 171. The maximum atomic E-state index is 10.9. The second-order valence-electron chi connectivity index (χ2n) is 4.36. The lowest BCUT2D eigenvalue weighted by Gasteiger charge is -2.25. The molecule has 0 heterocycles. The van der Waals surface area contributed by atoms with Gasteiger partial charge in [-0.3, -0.25) is 4.79 Å². The van der Waals surface area contributed by atoms with Gasteiger partial charge in [-0.25, -0.2) is 0 Å². The molecule has 0 atom stereocenters. The Morgan fingerprint density at radius 1 is 1.46 bits per heavy atom. The smallest absolute Gasteiger partial charge is 0.133 e. The maximum absolute atomic E-state index is 10.9. The molecular formula is C10H18O3. The molecule has 1 aliphatic rings. The van der Waals surface area contributed by atoms with Gasteiger partial charge in [0.1, 0.15) is 5.78 Å². The Morgan fingerprint density at radius 3 is 2.46 bits per heavy atom. The van der Waals surface area contributed by atoms with Crippen LogP contribution >= 0.6 is 0 Å². The molecule has 0 radical (unpaired) electrons. The van der Waals surface area contributed by atoms with Crippen molar-refractivity contribution in [3.63, 3.8) is 0 Å². The highest BCUT2D eigenvalue weighted by Crippen LogP contribution is 2.19. The Labute approximate surface area is 79.1 Å². The van der Waals surface area contributed by atoms with Crippen LogP contribution in [0.25, 0.3) is 0 Å². The second-order valence-corrected chi connectivity index (χ2v) is 4.36. The van der Waals surface area contributed by atoms with Crippen LogP contribution in [0, 0.1) is 0 Å². The topological polar surface area (TPSA) is 46.5 Å². The van der Waals surface area contributed by atoms with Crippen molar-refractivity contribution in [2.45, 2.75) is 51.2 Å². The van der Waals surface area contributed by atoms with Crippen molar-refractivity contribution in [2.24, 2.45) is 0 Å². The summed E-state index contributed by atoms with van der Waals surface area (Å²) in [5.41, 5.74) is -0.762. The van der Waals surface area contributed by atoms with Gasteiger partial charge < -0.3 is 9.84 Å². The zero-order valence-electron chi connectivity index (χ0n) is 8.38. The number of rotatable bonds is 3. The molecule has 0 aromatic rings. The average Bonchev–Trinajstić information content (AvgIpc) is 2.02. The van der Waals surface area contributed by atoms with Gasteiger partial charge in [0.15, 0.2) is 0 Å². The molecule has 0 amide bonds. The SMILES string of the molecule is CC(C)(O)COC1CCC(=O)CC1. The molecule has 0 aromatic carbocycles. The van der Waals surface area contributed by atoms with Crippen molar-refractivity contribution in [1.29, 1.82) is 0 Å². The van der Waals surface area contributed by atoms with Crippen molar-refractivity contribution in [1.82, 2.24) is 0 Å². The third kappa shape index (κ3) is 4.39. The first-order chi connectivity index (χ1) is 5.97. The predicted molar refractivity (Wildman–Crippen MR) is 49.5 cm³/mol. The summed E-state index contributed by atoms with van der Waals surface area (Å²) in [7, 11) is 0. The van der Waals surface area contributed by atoms with E-state index in [1.54, 1.807) is 13.8 Å². The van der Waals surface area contributed by atoms with E-state index in [0.717, 1.165) is 12.8 Å². The summed E-state index contributed by atoms with van der Waals surface area (Å²) >= 11 is 0. The summed E-state index contributed by atoms with van der Waals surface area (Å²) < 4.78 is 5.49. The van der Waals surface area contributed by atoms with Crippen molar-refractivity contribution < 1.29 is 14.6 Å². The normalized spacial score (nSPS) is 20.7. The van der Waals surface area contributed by atoms with Crippen LogP contribution in [0.1, 0.15) is 39.5 Å². The van der Waals surface area contributed by atoms with Crippen LogP contribution in [0.4, 0.5) is 0 Å². The first kappa shape index (κ1) is 10.7. The summed E-state index contributed by atoms with van der Waals surface area (Å²) in [6, 6.07) is 0. The number of hydrogen-bond acceptors (Lipinski definition) is 3. The Morgan fingerprint density at radius 2 is 2.00 bits per heavy atom. The Balaban J connectivity index is 2.20. The van der Waals surface area contributed by atoms with Crippen LogP contribution in [-0.4, -0.2) is 29.2 Å². The molecule has 1 aliphatic carbocycles. The Kier molecular flexibility index (Phi) is 3.45. The number of carbonyl (C=O) groups is 1. The predicted octanol–water partition coefficient (Wildman–Crippen LogP) is 1.29. The molecule has 3 heteroatoms. The molecule has 3 nitrogen and oxygen atoms in total. The van der Waals surface area contributed by atoms with E-state index in [9.17, 15) is 9.90 Å². The number of hydrogen-bond donors (Lipinski definition) is 1. The number of ketones is 1. The summed E-state index contributed by atoms with van der Waals surface area (Å²) in [5, 5.41) is 9.41. The van der Waals surface area contributed by atoms with Crippen LogP contribution in [0.2, 0.25) is 0 Å². The van der Waals surface area contributed by atoms with Gasteiger partial charge in [-0.15, -0.1) is 0 Å². The van der Waals surface area contributed by atoms with E-state index in [1.807, 2.05) is 0 Å². The lowest BCUT2D eigenvalue weighted by atomic mass is 9.96. The highest BCUT2D eigenvalue weighted by molar-refractivity contribution is 5.79. The lowest BCUT2D eigenvalue weighted by molar-refractivity contribution is -0.124. The van der Waals surface area contributed by atoms with Crippen molar-refractivity contribution >= 4 is 5.78 Å². The summed E-state index contributed by atoms with van der Waals surface area (Å²) in [5.74, 6) is 0.336. The fourth-order valence-electron chi connectivity index (χ4n) is 1.40. The first-order valence-corrected chi connectivity index (χ1v) is 4.83. The molecule has 1 rings (SSSR count). The molecular weight excluding hydrogens is 168 g/mol. The maximum Gasteiger partial charge on any atom is 0.133 e. The van der Waals surface area contributed by atoms with Crippen molar-refractivity contribution in [2.75, 3.05) is 6.61 Å². The van der Waals surface area contributed by atoms with Crippen LogP contribution in [0.5, 0.6) is 0 Å². The van der Waals surface area contributed by atoms with Gasteiger partial charge in [-0.05, 0) is 26.7 Å². The quantitative estimate of drug-likeness (QED) is 0.722. The standard InChI is InChI=1S/C10H18O3/c1-10(2,12)7-13-9-5-3-8(11)4-6-9/h9,12H,3-7H2,1-2H3. The van der Waals surface area contributed by atoms with Crippen LogP contribution in [-0.2, 0) is 9.53 Å². The summed E-state index contributed by atoms with van der Waals surface area (Å²) in [6.07, 6.45) is 3.07. The van der Waals surface area contributed by atoms with Gasteiger partial charge in [0.25, 0.3) is 0 Å². The van der Waals surface area contributed by atoms with E-state index < -0.39 is 5.60 Å². The first-order valence-electron chi connectivity index (χ1n) is 4.83. The van der Waals surface area contributed by atoms with Gasteiger partial charge in [-0.1, -0.05) is 0 Å². The van der Waals surface area contributed by atoms with E-state index in [4.69, 9.17) is 4.74 Å². The van der Waals surface area contributed by atoms with Gasteiger partial charge >= 0.3 is 0 Å². The fraction of sp³-hybridized carbons (Fsp3) is 0.900. The zero-order chi connectivity index (χ0) is 9.90. The second kappa shape index (κ2) is 4.20. The minimum Gasteiger partial charge on any atom is -0.388 e. The molecule has 0 bridgehead atoms. The van der Waals surface area contributed by atoms with E-state index in [1.165, 1.54) is 0 Å². The van der Waals surface area contributed by atoms with Crippen molar-refractivity contribution in [3.8, 4) is 0 Å². The molecule has 76 valence electrons. The van der Waals surface area contributed by atoms with Crippen LogP contribution in [0.3, 0.4) is 0 Å². The monoisotopic (exact) mass is 186 g/mol. The highest BCUT2D eigenvalue weighted by Gasteiger charge is 2.21. The summed E-state index contributed by atoms with van der Waals surface area (Å²) in [4.78, 5) is 10.9. The molecule has 13 heavy (non-hydrogen) atoms. The van der Waals surface area contributed by atoms with Gasteiger partial charge in [0.05, 0.1) is 18.3 Å². The molecule has 0 unspecified atom stereocenters. The van der Waals surface area contributed by atoms with E-state index in [0.29, 0.717) is 25.2 Å². The third-order valence-electron chi connectivity index (χ3n) is 2.16. The highest BCUT2D eigenvalue weighted by atomic mass is 16.5. The van der Waals surface area contributed by atoms with Gasteiger partial charge in [0.2, 0.25) is 0 Å². The fourth-order valence-corrected chi connectivity index (χ4v) is 1.40. The number of ether oxygens (including phenoxy) is 1. The Hall–Kier alpha value is -0.410. The van der Waals surface area contributed by atoms with Crippen molar-refractivity contribution in [3.05, 3.63) is 0 Å². The van der Waals surface area contributed by atoms with E-state index in [2.05, 4.69) is 0 Å². The van der Waals surface area contributed by atoms with E-state index in [-0.39, 0.29) is 6.10 Å². The minimum absolute atomic E-state index is 0.170. The molecule has 0 aliphatic heterocycles. The molecule has 0 spiro atoms. The molecule has 1 fully saturated rings. The molecule has 1 N–H and O–H groups in total. The third-order valence-corrected chi connectivity index (χ3v) is 2.16. The summed E-state index contributed by atoms with van der Waals surface area (Å²) in [6.45, 7) is 3.80. The minimum atomic E-state index is -0.762. The largest absolute Gasteiger partial charge is 0.388 e. The van der Waals surface area contributed by atoms with E-state index >= 15 is 0 Å². The number of carbonyl (C=O) groups excluding carboxylic acids is 1. The lowest BCUT2D eigenvalue weighted by Crippen LogP contribution is -2.31. The molecule has 0 aromatic heterocycles. The number of aliphatic hydroxyl groups is 1. The molecule has 0 saturated heterocycles. The molecule has 1 saturated carbocycles. The van der Waals surface area contributed by atoms with Crippen LogP contribution in [0.15, 0.2) is 0 Å². The number of Topliss-reactive ketones (excluding diaryl/α,β-unsaturated/α-hetero) is 1. The van der Waals surface area contributed by atoms with Crippen LogP contribution < -0.4 is 0 Å². The average molecular weight is 186 g/mol.